The van der Waals surface area contributed by atoms with Gasteiger partial charge in [-0.05, 0) is 33.6 Å². The van der Waals surface area contributed by atoms with Gasteiger partial charge >= 0.3 is 0 Å². The molecule has 5 N–H and O–H groups in total. The predicted molar refractivity (Wildman–Crippen MR) is 73.7 cm³/mol. The van der Waals surface area contributed by atoms with E-state index in [2.05, 4.69) is 31.7 Å². The normalized spacial score (nSPS) is 12.7. The number of nitrogens with one attached hydrogen (secondary N) is 1. The number of halogens is 2. The summed E-state index contributed by atoms with van der Waals surface area (Å²) < 4.78 is 2.24. The molecule has 8 heteroatoms. The Labute approximate surface area is 117 Å². The summed E-state index contributed by atoms with van der Waals surface area (Å²) in [5.74, 6) is 5.61. The van der Waals surface area contributed by atoms with Gasteiger partial charge in [-0.25, -0.2) is 10.1 Å². The standard InChI is InChI=1S/C10H12BrClN6/c1-18-9(10(11)16-17-18)8(15-14)6-3-2-5(12)4-7(6)13/h2-4,8,15H,13-14H2,1H3. The predicted octanol–water partition coefficient (Wildman–Crippen LogP) is 1.37. The average Bonchev–Trinajstić information content (AvgIpc) is 2.64. The molecule has 0 aliphatic heterocycles. The molecule has 1 aromatic heterocycles. The summed E-state index contributed by atoms with van der Waals surface area (Å²) in [7, 11) is 1.78. The second-order valence-electron chi connectivity index (χ2n) is 3.76. The highest BCUT2D eigenvalue weighted by molar-refractivity contribution is 9.10. The molecular weight excluding hydrogens is 320 g/mol. The summed E-state index contributed by atoms with van der Waals surface area (Å²) >= 11 is 9.22. The quantitative estimate of drug-likeness (QED) is 0.448. The van der Waals surface area contributed by atoms with E-state index in [1.54, 1.807) is 23.9 Å². The van der Waals surface area contributed by atoms with Gasteiger partial charge in [0, 0.05) is 17.8 Å². The van der Waals surface area contributed by atoms with Gasteiger partial charge in [-0.1, -0.05) is 22.9 Å². The Bertz CT molecular complexity index is 550. The van der Waals surface area contributed by atoms with Crippen molar-refractivity contribution in [1.82, 2.24) is 20.4 Å². The Kier molecular flexibility index (Phi) is 3.86. The zero-order valence-electron chi connectivity index (χ0n) is 9.56. The number of rotatable bonds is 3. The van der Waals surface area contributed by atoms with Crippen LogP contribution >= 0.6 is 27.5 Å². The van der Waals surface area contributed by atoms with Crippen LogP contribution in [0, 0.1) is 0 Å². The van der Waals surface area contributed by atoms with Crippen LogP contribution in [-0.2, 0) is 7.05 Å². The molecule has 2 aromatic rings. The molecule has 96 valence electrons. The van der Waals surface area contributed by atoms with E-state index in [1.807, 2.05) is 6.07 Å². The Morgan fingerprint density at radius 1 is 1.50 bits per heavy atom. The molecule has 1 atom stereocenters. The largest absolute Gasteiger partial charge is 0.398 e. The minimum atomic E-state index is -0.323. The van der Waals surface area contributed by atoms with E-state index in [1.165, 1.54) is 0 Å². The van der Waals surface area contributed by atoms with Gasteiger partial charge in [0.25, 0.3) is 0 Å². The first-order valence-electron chi connectivity index (χ1n) is 5.10. The summed E-state index contributed by atoms with van der Waals surface area (Å²) in [6.07, 6.45) is 0. The SMILES string of the molecule is Cn1nnc(Br)c1C(NN)c1ccc(Cl)cc1N. The minimum Gasteiger partial charge on any atom is -0.398 e. The number of nitrogens with two attached hydrogens (primary N) is 2. The Hall–Kier alpha value is -1.15. The van der Waals surface area contributed by atoms with Crippen LogP contribution in [0.5, 0.6) is 0 Å². The van der Waals surface area contributed by atoms with Crippen LogP contribution in [0.2, 0.25) is 5.02 Å². The summed E-state index contributed by atoms with van der Waals surface area (Å²) in [4.78, 5) is 0. The molecule has 0 saturated carbocycles. The number of hydrogen-bond donors (Lipinski definition) is 3. The van der Waals surface area contributed by atoms with Crippen LogP contribution < -0.4 is 17.0 Å². The van der Waals surface area contributed by atoms with Gasteiger partial charge in [0.1, 0.15) is 0 Å². The highest BCUT2D eigenvalue weighted by Crippen LogP contribution is 2.30. The Morgan fingerprint density at radius 2 is 2.22 bits per heavy atom. The fourth-order valence-electron chi connectivity index (χ4n) is 1.77. The first-order chi connectivity index (χ1) is 8.54. The molecule has 1 aromatic carbocycles. The van der Waals surface area contributed by atoms with Crippen molar-refractivity contribution < 1.29 is 0 Å². The molecule has 0 bridgehead atoms. The maximum absolute atomic E-state index is 5.96. The molecule has 1 heterocycles. The molecule has 0 saturated heterocycles. The molecule has 18 heavy (non-hydrogen) atoms. The van der Waals surface area contributed by atoms with Gasteiger partial charge in [0.05, 0.1) is 11.7 Å². The van der Waals surface area contributed by atoms with E-state index in [0.717, 1.165) is 11.3 Å². The third kappa shape index (κ3) is 2.35. The summed E-state index contributed by atoms with van der Waals surface area (Å²) in [6, 6.07) is 4.94. The van der Waals surface area contributed by atoms with Gasteiger partial charge in [0.15, 0.2) is 4.60 Å². The second-order valence-corrected chi connectivity index (χ2v) is 4.95. The third-order valence-corrected chi connectivity index (χ3v) is 3.43. The lowest BCUT2D eigenvalue weighted by Crippen LogP contribution is -2.31. The van der Waals surface area contributed by atoms with Crippen LogP contribution in [0.25, 0.3) is 0 Å². The number of aryl methyl sites for hydroxylation is 1. The number of nitrogens with zero attached hydrogens (tertiary/aromatic N) is 3. The van der Waals surface area contributed by atoms with Gasteiger partial charge in [0.2, 0.25) is 0 Å². The molecule has 1 unspecified atom stereocenters. The number of benzene rings is 1. The summed E-state index contributed by atoms with van der Waals surface area (Å²) in [5, 5.41) is 8.42. The average molecular weight is 332 g/mol. The summed E-state index contributed by atoms with van der Waals surface area (Å²) in [5.41, 5.74) is 10.8. The van der Waals surface area contributed by atoms with Crippen LogP contribution in [0.3, 0.4) is 0 Å². The molecule has 0 aliphatic carbocycles. The Balaban J connectivity index is 2.52. The van der Waals surface area contributed by atoms with Crippen molar-refractivity contribution >= 4 is 33.2 Å². The van der Waals surface area contributed by atoms with Crippen LogP contribution in [0.1, 0.15) is 17.3 Å². The Morgan fingerprint density at radius 3 is 2.72 bits per heavy atom. The number of hydrogen-bond acceptors (Lipinski definition) is 5. The lowest BCUT2D eigenvalue weighted by molar-refractivity contribution is 0.570. The third-order valence-electron chi connectivity index (χ3n) is 2.63. The highest BCUT2D eigenvalue weighted by Gasteiger charge is 2.22. The molecule has 0 spiro atoms. The van der Waals surface area contributed by atoms with Crippen molar-refractivity contribution in [2.45, 2.75) is 6.04 Å². The van der Waals surface area contributed by atoms with Crippen molar-refractivity contribution in [1.29, 1.82) is 0 Å². The number of aromatic nitrogens is 3. The molecule has 0 fully saturated rings. The van der Waals surface area contributed by atoms with Crippen molar-refractivity contribution in [3.05, 3.63) is 39.1 Å². The van der Waals surface area contributed by atoms with Crippen LogP contribution in [0.15, 0.2) is 22.8 Å². The van der Waals surface area contributed by atoms with Crippen molar-refractivity contribution in [2.75, 3.05) is 5.73 Å². The van der Waals surface area contributed by atoms with Crippen molar-refractivity contribution in [3.8, 4) is 0 Å². The topological polar surface area (TPSA) is 94.8 Å². The highest BCUT2D eigenvalue weighted by atomic mass is 79.9. The molecular formula is C10H12BrClN6. The lowest BCUT2D eigenvalue weighted by Gasteiger charge is -2.18. The molecule has 0 radical (unpaired) electrons. The molecule has 0 aliphatic rings. The van der Waals surface area contributed by atoms with Gasteiger partial charge in [-0.15, -0.1) is 5.10 Å². The van der Waals surface area contributed by atoms with Crippen molar-refractivity contribution in [3.63, 3.8) is 0 Å². The zero-order valence-corrected chi connectivity index (χ0v) is 11.9. The van der Waals surface area contributed by atoms with E-state index in [0.29, 0.717) is 15.3 Å². The maximum Gasteiger partial charge on any atom is 0.153 e. The van der Waals surface area contributed by atoms with E-state index < -0.39 is 0 Å². The van der Waals surface area contributed by atoms with E-state index in [9.17, 15) is 0 Å². The monoisotopic (exact) mass is 330 g/mol. The second kappa shape index (κ2) is 5.23. The first kappa shape index (κ1) is 13.3. The molecule has 2 rings (SSSR count). The number of nitrogen functional groups attached to an aromatic ring is 1. The van der Waals surface area contributed by atoms with Crippen molar-refractivity contribution in [2.24, 2.45) is 12.9 Å². The van der Waals surface area contributed by atoms with E-state index >= 15 is 0 Å². The van der Waals surface area contributed by atoms with Gasteiger partial charge in [-0.2, -0.15) is 0 Å². The number of hydrazine groups is 1. The van der Waals surface area contributed by atoms with Crippen LogP contribution in [-0.4, -0.2) is 15.0 Å². The maximum atomic E-state index is 5.96. The lowest BCUT2D eigenvalue weighted by atomic mass is 10.0. The fourth-order valence-corrected chi connectivity index (χ4v) is 2.51. The number of anilines is 1. The van der Waals surface area contributed by atoms with E-state index in [-0.39, 0.29) is 6.04 Å². The fraction of sp³-hybridized carbons (Fsp3) is 0.200. The molecule has 0 amide bonds. The van der Waals surface area contributed by atoms with Gasteiger partial charge < -0.3 is 5.73 Å². The minimum absolute atomic E-state index is 0.323. The summed E-state index contributed by atoms with van der Waals surface area (Å²) in [6.45, 7) is 0. The van der Waals surface area contributed by atoms with E-state index in [4.69, 9.17) is 23.2 Å². The van der Waals surface area contributed by atoms with Gasteiger partial charge in [-0.3, -0.25) is 5.84 Å². The molecule has 6 nitrogen and oxygen atoms in total. The smallest absolute Gasteiger partial charge is 0.153 e. The zero-order chi connectivity index (χ0) is 13.3. The first-order valence-corrected chi connectivity index (χ1v) is 6.27. The van der Waals surface area contributed by atoms with Crippen LogP contribution in [0.4, 0.5) is 5.69 Å².